The van der Waals surface area contributed by atoms with Crippen LogP contribution in [0.2, 0.25) is 0 Å². The summed E-state index contributed by atoms with van der Waals surface area (Å²) in [5.74, 6) is 0.939. The van der Waals surface area contributed by atoms with Crippen molar-refractivity contribution < 1.29 is 24.2 Å². The standard InChI is InChI=1S/C23H25N3O5/c27-17(14-26-22(28)18-3-1-2-4-19(18)23(26)29)13-25-9-7-24(8-10-25)12-16-5-6-20-21(11-16)31-15-30-20/h1-6,11,17,27H,7-10,12-15H2. The average molecular weight is 423 g/mol. The number of aliphatic hydroxyl groups excluding tert-OH is 1. The van der Waals surface area contributed by atoms with Crippen LogP contribution in [0.15, 0.2) is 42.5 Å². The van der Waals surface area contributed by atoms with Crippen LogP contribution in [0.3, 0.4) is 0 Å². The molecule has 0 radical (unpaired) electrons. The first-order chi connectivity index (χ1) is 15.1. The molecule has 3 aliphatic heterocycles. The molecule has 0 bridgehead atoms. The van der Waals surface area contributed by atoms with Crippen molar-refractivity contribution in [3.63, 3.8) is 0 Å². The topological polar surface area (TPSA) is 82.6 Å². The molecular weight excluding hydrogens is 398 g/mol. The van der Waals surface area contributed by atoms with Crippen LogP contribution < -0.4 is 9.47 Å². The van der Waals surface area contributed by atoms with Gasteiger partial charge >= 0.3 is 0 Å². The number of hydrogen-bond acceptors (Lipinski definition) is 7. The zero-order valence-corrected chi connectivity index (χ0v) is 17.2. The summed E-state index contributed by atoms with van der Waals surface area (Å²) >= 11 is 0. The fourth-order valence-electron chi connectivity index (χ4n) is 4.40. The van der Waals surface area contributed by atoms with Crippen LogP contribution in [0.1, 0.15) is 26.3 Å². The number of benzene rings is 2. The predicted octanol–water partition coefficient (Wildman–Crippen LogP) is 1.19. The van der Waals surface area contributed by atoms with Crippen LogP contribution >= 0.6 is 0 Å². The summed E-state index contributed by atoms with van der Waals surface area (Å²) in [4.78, 5) is 30.7. The Balaban J connectivity index is 1.10. The van der Waals surface area contributed by atoms with Crippen LogP contribution in [0.25, 0.3) is 0 Å². The Kier molecular flexibility index (Phi) is 5.35. The lowest BCUT2D eigenvalue weighted by Gasteiger charge is -2.36. The van der Waals surface area contributed by atoms with Crippen molar-refractivity contribution in [2.24, 2.45) is 0 Å². The molecular formula is C23H25N3O5. The summed E-state index contributed by atoms with van der Waals surface area (Å²) in [6.07, 6.45) is -0.775. The van der Waals surface area contributed by atoms with Gasteiger partial charge in [-0.3, -0.25) is 24.3 Å². The molecule has 8 nitrogen and oxygen atoms in total. The molecule has 31 heavy (non-hydrogen) atoms. The third kappa shape index (κ3) is 4.01. The largest absolute Gasteiger partial charge is 0.454 e. The number of imide groups is 1. The van der Waals surface area contributed by atoms with Crippen LogP contribution in [0.5, 0.6) is 11.5 Å². The Morgan fingerprint density at radius 1 is 0.839 bits per heavy atom. The number of fused-ring (bicyclic) bond motifs is 2. The lowest BCUT2D eigenvalue weighted by molar-refractivity contribution is 0.0393. The molecule has 3 heterocycles. The predicted molar refractivity (Wildman–Crippen MR) is 112 cm³/mol. The van der Waals surface area contributed by atoms with Gasteiger partial charge in [0.25, 0.3) is 11.8 Å². The fraction of sp³-hybridized carbons (Fsp3) is 0.391. The first kappa shape index (κ1) is 20.0. The molecule has 1 atom stereocenters. The number of ether oxygens (including phenoxy) is 2. The van der Waals surface area contributed by atoms with E-state index in [1.807, 2.05) is 12.1 Å². The summed E-state index contributed by atoms with van der Waals surface area (Å²) in [5, 5.41) is 10.5. The van der Waals surface area contributed by atoms with E-state index in [1.165, 1.54) is 5.56 Å². The SMILES string of the molecule is O=C1c2ccccc2C(=O)N1CC(O)CN1CCN(Cc2ccc3c(c2)OCO3)CC1. The highest BCUT2D eigenvalue weighted by molar-refractivity contribution is 6.21. The van der Waals surface area contributed by atoms with Crippen molar-refractivity contribution in [1.29, 1.82) is 0 Å². The molecule has 1 fully saturated rings. The molecule has 5 rings (SSSR count). The van der Waals surface area contributed by atoms with Gasteiger partial charge in [0.15, 0.2) is 11.5 Å². The molecule has 2 aromatic carbocycles. The quantitative estimate of drug-likeness (QED) is 0.699. The van der Waals surface area contributed by atoms with E-state index in [1.54, 1.807) is 24.3 Å². The number of carbonyl (C=O) groups excluding carboxylic acids is 2. The Morgan fingerprint density at radius 3 is 2.19 bits per heavy atom. The first-order valence-corrected chi connectivity index (χ1v) is 10.5. The van der Waals surface area contributed by atoms with Crippen molar-refractivity contribution in [2.75, 3.05) is 46.1 Å². The van der Waals surface area contributed by atoms with Gasteiger partial charge in [-0.2, -0.15) is 0 Å². The monoisotopic (exact) mass is 423 g/mol. The van der Waals surface area contributed by atoms with Gasteiger partial charge in [-0.1, -0.05) is 18.2 Å². The van der Waals surface area contributed by atoms with Gasteiger partial charge in [-0.15, -0.1) is 0 Å². The maximum atomic E-state index is 12.5. The third-order valence-corrected chi connectivity index (χ3v) is 6.05. The molecule has 0 aromatic heterocycles. The second-order valence-electron chi connectivity index (χ2n) is 8.18. The van der Waals surface area contributed by atoms with Crippen LogP contribution in [-0.2, 0) is 6.54 Å². The van der Waals surface area contributed by atoms with Gasteiger partial charge < -0.3 is 14.6 Å². The van der Waals surface area contributed by atoms with E-state index < -0.39 is 6.10 Å². The van der Waals surface area contributed by atoms with Crippen molar-refractivity contribution in [1.82, 2.24) is 14.7 Å². The molecule has 2 amide bonds. The number of β-amino-alcohol motifs (C(OH)–C–C–N with tert-alkyl or cyclic N) is 1. The highest BCUT2D eigenvalue weighted by Gasteiger charge is 2.36. The van der Waals surface area contributed by atoms with Gasteiger partial charge in [0.05, 0.1) is 23.8 Å². The second-order valence-corrected chi connectivity index (χ2v) is 8.18. The van der Waals surface area contributed by atoms with Crippen molar-refractivity contribution in [2.45, 2.75) is 12.6 Å². The summed E-state index contributed by atoms with van der Waals surface area (Å²) in [6.45, 7) is 4.98. The van der Waals surface area contributed by atoms with E-state index in [0.29, 0.717) is 17.7 Å². The minimum Gasteiger partial charge on any atom is -0.454 e. The number of rotatable bonds is 6. The van der Waals surface area contributed by atoms with E-state index in [4.69, 9.17) is 9.47 Å². The maximum absolute atomic E-state index is 12.5. The number of nitrogens with zero attached hydrogens (tertiary/aromatic N) is 3. The highest BCUT2D eigenvalue weighted by atomic mass is 16.7. The second kappa shape index (κ2) is 8.30. The molecule has 1 saturated heterocycles. The van der Waals surface area contributed by atoms with Crippen molar-refractivity contribution in [3.8, 4) is 11.5 Å². The normalized spacial score (nSPS) is 19.7. The Hall–Kier alpha value is -2.94. The van der Waals surface area contributed by atoms with Crippen molar-refractivity contribution >= 4 is 11.8 Å². The molecule has 0 aliphatic carbocycles. The minimum absolute atomic E-state index is 0.0176. The smallest absolute Gasteiger partial charge is 0.261 e. The summed E-state index contributed by atoms with van der Waals surface area (Å²) in [6, 6.07) is 12.8. The molecule has 162 valence electrons. The maximum Gasteiger partial charge on any atom is 0.261 e. The van der Waals surface area contributed by atoms with Gasteiger partial charge in [0.2, 0.25) is 6.79 Å². The number of hydrogen-bond donors (Lipinski definition) is 1. The molecule has 1 unspecified atom stereocenters. The van der Waals surface area contributed by atoms with Gasteiger partial charge in [0.1, 0.15) is 0 Å². The highest BCUT2D eigenvalue weighted by Crippen LogP contribution is 2.32. The van der Waals surface area contributed by atoms with Crippen LogP contribution in [0.4, 0.5) is 0 Å². The molecule has 8 heteroatoms. The zero-order valence-electron chi connectivity index (χ0n) is 17.2. The lowest BCUT2D eigenvalue weighted by atomic mass is 10.1. The minimum atomic E-state index is -0.775. The van der Waals surface area contributed by atoms with E-state index in [-0.39, 0.29) is 25.2 Å². The average Bonchev–Trinajstić information content (AvgIpc) is 3.34. The lowest BCUT2D eigenvalue weighted by Crippen LogP contribution is -2.50. The molecule has 1 N–H and O–H groups in total. The van der Waals surface area contributed by atoms with Gasteiger partial charge in [-0.05, 0) is 29.8 Å². The van der Waals surface area contributed by atoms with Gasteiger partial charge in [-0.25, -0.2) is 0 Å². The molecule has 0 spiro atoms. The van der Waals surface area contributed by atoms with E-state index in [2.05, 4.69) is 15.9 Å². The van der Waals surface area contributed by atoms with E-state index >= 15 is 0 Å². The Labute approximate surface area is 180 Å². The van der Waals surface area contributed by atoms with Crippen molar-refractivity contribution in [3.05, 3.63) is 59.2 Å². The fourth-order valence-corrected chi connectivity index (χ4v) is 4.40. The number of carbonyl (C=O) groups is 2. The van der Waals surface area contributed by atoms with E-state index in [0.717, 1.165) is 49.1 Å². The summed E-state index contributed by atoms with van der Waals surface area (Å²) < 4.78 is 10.8. The Morgan fingerprint density at radius 2 is 1.48 bits per heavy atom. The molecule has 3 aliphatic rings. The first-order valence-electron chi connectivity index (χ1n) is 10.5. The van der Waals surface area contributed by atoms with Gasteiger partial charge in [0, 0.05) is 39.3 Å². The third-order valence-electron chi connectivity index (χ3n) is 6.05. The zero-order chi connectivity index (χ0) is 21.4. The van der Waals surface area contributed by atoms with E-state index in [9.17, 15) is 14.7 Å². The number of amides is 2. The number of piperazine rings is 1. The summed E-state index contributed by atoms with van der Waals surface area (Å²) in [5.41, 5.74) is 2.01. The Bertz CT molecular complexity index is 967. The number of aliphatic hydroxyl groups is 1. The molecule has 2 aromatic rings. The van der Waals surface area contributed by atoms with Crippen LogP contribution in [0, 0.1) is 0 Å². The molecule has 0 saturated carbocycles. The van der Waals surface area contributed by atoms with Crippen LogP contribution in [-0.4, -0.2) is 83.8 Å². The summed E-state index contributed by atoms with van der Waals surface area (Å²) in [7, 11) is 0.